The molecule has 0 unspecified atom stereocenters. The second kappa shape index (κ2) is 3.12. The van der Waals surface area contributed by atoms with Crippen LogP contribution in [0.4, 0.5) is 0 Å². The van der Waals surface area contributed by atoms with Crippen LogP contribution in [0, 0.1) is 5.41 Å². The molecule has 2 nitrogen and oxygen atoms in total. The molecule has 0 aromatic heterocycles. The molecule has 0 amide bonds. The summed E-state index contributed by atoms with van der Waals surface area (Å²) in [6, 6.07) is 7.17. The zero-order valence-corrected chi connectivity index (χ0v) is 8.29. The normalized spacial score (nSPS) is 17.8. The summed E-state index contributed by atoms with van der Waals surface area (Å²) < 4.78 is 0. The van der Waals surface area contributed by atoms with Crippen LogP contribution in [-0.2, 0) is 11.2 Å². The Kier molecular flexibility index (Phi) is 2.06. The summed E-state index contributed by atoms with van der Waals surface area (Å²) in [5.41, 5.74) is 0.950. The number of aromatic hydroxyl groups is 1. The average Bonchev–Trinajstić information content (AvgIpc) is 2.85. The quantitative estimate of drug-likeness (QED) is 0.794. The van der Waals surface area contributed by atoms with E-state index in [1.54, 1.807) is 19.1 Å². The summed E-state index contributed by atoms with van der Waals surface area (Å²) >= 11 is 0. The van der Waals surface area contributed by atoms with Gasteiger partial charge >= 0.3 is 0 Å². The van der Waals surface area contributed by atoms with Crippen LogP contribution in [-0.4, -0.2) is 10.9 Å². The van der Waals surface area contributed by atoms with Gasteiger partial charge in [0.1, 0.15) is 11.5 Å². The van der Waals surface area contributed by atoms with E-state index in [-0.39, 0.29) is 16.9 Å². The zero-order valence-electron chi connectivity index (χ0n) is 8.29. The first-order chi connectivity index (χ1) is 6.62. The van der Waals surface area contributed by atoms with Crippen LogP contribution in [0.15, 0.2) is 24.3 Å². The molecule has 0 bridgehead atoms. The van der Waals surface area contributed by atoms with Crippen molar-refractivity contribution in [1.29, 1.82) is 0 Å². The van der Waals surface area contributed by atoms with Crippen LogP contribution >= 0.6 is 0 Å². The molecule has 0 saturated heterocycles. The van der Waals surface area contributed by atoms with E-state index in [1.165, 1.54) is 0 Å². The highest BCUT2D eigenvalue weighted by Gasteiger charge is 2.46. The maximum atomic E-state index is 11.4. The molecule has 1 aromatic rings. The van der Waals surface area contributed by atoms with Crippen molar-refractivity contribution in [3.8, 4) is 5.75 Å². The van der Waals surface area contributed by atoms with Crippen LogP contribution in [0.2, 0.25) is 0 Å². The summed E-state index contributed by atoms with van der Waals surface area (Å²) in [7, 11) is 0. The summed E-state index contributed by atoms with van der Waals surface area (Å²) in [6.07, 6.45) is 2.77. The lowest BCUT2D eigenvalue weighted by molar-refractivity contribution is -0.121. The second-order valence-electron chi connectivity index (χ2n) is 4.18. The molecule has 0 atom stereocenters. The van der Waals surface area contributed by atoms with Gasteiger partial charge in [-0.1, -0.05) is 12.1 Å². The maximum absolute atomic E-state index is 11.4. The van der Waals surface area contributed by atoms with Gasteiger partial charge in [0.15, 0.2) is 0 Å². The van der Waals surface area contributed by atoms with Gasteiger partial charge in [0.2, 0.25) is 0 Å². The average molecular weight is 190 g/mol. The van der Waals surface area contributed by atoms with Crippen molar-refractivity contribution < 1.29 is 9.90 Å². The number of hydrogen-bond donors (Lipinski definition) is 1. The zero-order chi connectivity index (χ0) is 10.2. The minimum absolute atomic E-state index is 0.103. The van der Waals surface area contributed by atoms with Gasteiger partial charge in [-0.15, -0.1) is 0 Å². The van der Waals surface area contributed by atoms with Crippen LogP contribution in [0.25, 0.3) is 0 Å². The predicted octanol–water partition coefficient (Wildman–Crippen LogP) is 2.30. The Labute approximate surface area is 83.6 Å². The monoisotopic (exact) mass is 190 g/mol. The summed E-state index contributed by atoms with van der Waals surface area (Å²) in [5, 5.41) is 9.28. The number of carbonyl (C=O) groups is 1. The largest absolute Gasteiger partial charge is 0.508 e. The molecular formula is C12H14O2. The Bertz CT molecular complexity index is 364. The first kappa shape index (κ1) is 9.25. The Morgan fingerprint density at radius 2 is 2.21 bits per heavy atom. The smallest absolute Gasteiger partial charge is 0.136 e. The molecule has 2 heteroatoms. The molecule has 1 saturated carbocycles. The van der Waals surface area contributed by atoms with Gasteiger partial charge in [0.05, 0.1) is 0 Å². The number of rotatable bonds is 3. The Balaban J connectivity index is 2.15. The topological polar surface area (TPSA) is 37.3 Å². The fraction of sp³-hybridized carbons (Fsp3) is 0.417. The van der Waals surface area contributed by atoms with Gasteiger partial charge in [-0.3, -0.25) is 4.79 Å². The fourth-order valence-electron chi connectivity index (χ4n) is 1.86. The second-order valence-corrected chi connectivity index (χ2v) is 4.18. The van der Waals surface area contributed by atoms with E-state index in [2.05, 4.69) is 0 Å². The van der Waals surface area contributed by atoms with Crippen LogP contribution < -0.4 is 0 Å². The lowest BCUT2D eigenvalue weighted by Gasteiger charge is -2.10. The maximum Gasteiger partial charge on any atom is 0.136 e. The lowest BCUT2D eigenvalue weighted by Crippen LogP contribution is -2.14. The molecular weight excluding hydrogens is 176 g/mol. The van der Waals surface area contributed by atoms with Crippen molar-refractivity contribution >= 4 is 5.78 Å². The van der Waals surface area contributed by atoms with Gasteiger partial charge in [-0.25, -0.2) is 0 Å². The van der Waals surface area contributed by atoms with Gasteiger partial charge in [-0.2, -0.15) is 0 Å². The molecule has 2 rings (SSSR count). The number of phenolic OH excluding ortho intramolecular Hbond substituents is 1. The van der Waals surface area contributed by atoms with Crippen LogP contribution in [0.1, 0.15) is 25.3 Å². The van der Waals surface area contributed by atoms with Crippen LogP contribution in [0.3, 0.4) is 0 Å². The van der Waals surface area contributed by atoms with Crippen molar-refractivity contribution in [2.24, 2.45) is 5.41 Å². The standard InChI is InChI=1S/C12H14O2/c1-9(13)12(5-6-12)8-10-3-2-4-11(14)7-10/h2-4,7,14H,5-6,8H2,1H3. The number of carbonyl (C=O) groups excluding carboxylic acids is 1. The SMILES string of the molecule is CC(=O)C1(Cc2cccc(O)c2)CC1. The van der Waals surface area contributed by atoms with Crippen molar-refractivity contribution in [3.05, 3.63) is 29.8 Å². The number of phenols is 1. The van der Waals surface area contributed by atoms with Gasteiger partial charge in [0.25, 0.3) is 0 Å². The third kappa shape index (κ3) is 1.65. The summed E-state index contributed by atoms with van der Waals surface area (Å²) in [4.78, 5) is 11.4. The van der Waals surface area contributed by atoms with Crippen molar-refractivity contribution in [2.75, 3.05) is 0 Å². The minimum atomic E-state index is -0.103. The van der Waals surface area contributed by atoms with E-state index >= 15 is 0 Å². The molecule has 1 N–H and O–H groups in total. The first-order valence-electron chi connectivity index (χ1n) is 4.91. The highest BCUT2D eigenvalue weighted by atomic mass is 16.3. The number of benzene rings is 1. The van der Waals surface area contributed by atoms with E-state index in [0.717, 1.165) is 24.8 Å². The molecule has 0 heterocycles. The molecule has 1 aliphatic carbocycles. The Morgan fingerprint density at radius 1 is 1.50 bits per heavy atom. The first-order valence-corrected chi connectivity index (χ1v) is 4.91. The van der Waals surface area contributed by atoms with E-state index in [9.17, 15) is 9.90 Å². The summed E-state index contributed by atoms with van der Waals surface area (Å²) in [6.45, 7) is 1.66. The third-order valence-electron chi connectivity index (χ3n) is 3.05. The number of ketones is 1. The minimum Gasteiger partial charge on any atom is -0.508 e. The molecule has 0 aliphatic heterocycles. The van der Waals surface area contributed by atoms with Crippen LogP contribution in [0.5, 0.6) is 5.75 Å². The molecule has 0 spiro atoms. The van der Waals surface area contributed by atoms with Gasteiger partial charge < -0.3 is 5.11 Å². The van der Waals surface area contributed by atoms with Gasteiger partial charge in [0, 0.05) is 5.41 Å². The number of Topliss-reactive ketones (excluding diaryl/α,β-unsaturated/α-hetero) is 1. The fourth-order valence-corrected chi connectivity index (χ4v) is 1.86. The van der Waals surface area contributed by atoms with Gasteiger partial charge in [-0.05, 0) is 43.9 Å². The van der Waals surface area contributed by atoms with Crippen molar-refractivity contribution in [3.63, 3.8) is 0 Å². The predicted molar refractivity (Wildman–Crippen MR) is 54.2 cm³/mol. The Hall–Kier alpha value is -1.31. The van der Waals surface area contributed by atoms with E-state index in [4.69, 9.17) is 0 Å². The molecule has 1 fully saturated rings. The van der Waals surface area contributed by atoms with E-state index in [0.29, 0.717) is 0 Å². The number of hydrogen-bond acceptors (Lipinski definition) is 2. The third-order valence-corrected chi connectivity index (χ3v) is 3.05. The molecule has 1 aliphatic rings. The van der Waals surface area contributed by atoms with Crippen molar-refractivity contribution in [2.45, 2.75) is 26.2 Å². The lowest BCUT2D eigenvalue weighted by atomic mass is 9.93. The van der Waals surface area contributed by atoms with E-state index < -0.39 is 0 Å². The highest BCUT2D eigenvalue weighted by Crippen LogP contribution is 2.49. The van der Waals surface area contributed by atoms with E-state index in [1.807, 2.05) is 12.1 Å². The molecule has 14 heavy (non-hydrogen) atoms. The molecule has 1 aromatic carbocycles. The molecule has 0 radical (unpaired) electrons. The molecule has 74 valence electrons. The van der Waals surface area contributed by atoms with Crippen molar-refractivity contribution in [1.82, 2.24) is 0 Å². The Morgan fingerprint density at radius 3 is 2.71 bits per heavy atom. The summed E-state index contributed by atoms with van der Waals surface area (Å²) in [5.74, 6) is 0.558. The highest BCUT2D eigenvalue weighted by molar-refractivity contribution is 5.85.